The molecule has 22 heavy (non-hydrogen) atoms. The van der Waals surface area contributed by atoms with Crippen LogP contribution in [0, 0.1) is 5.41 Å². The lowest BCUT2D eigenvalue weighted by atomic mass is 9.69. The third kappa shape index (κ3) is 2.54. The largest absolute Gasteiger partial charge is 0.508 e. The Morgan fingerprint density at radius 1 is 1.41 bits per heavy atom. The van der Waals surface area contributed by atoms with Crippen LogP contribution >= 0.6 is 0 Å². The maximum absolute atomic E-state index is 9.86. The molecule has 2 aliphatic rings. The number of nitrogens with two attached hydrogens (primary N) is 1. The van der Waals surface area contributed by atoms with E-state index in [0.29, 0.717) is 17.8 Å². The summed E-state index contributed by atoms with van der Waals surface area (Å²) in [5.41, 5.74) is 8.45. The maximum Gasteiger partial charge on any atom is 0.188 e. The number of benzene rings is 1. The Kier molecular flexibility index (Phi) is 4.00. The average molecular weight is 303 g/mol. The highest BCUT2D eigenvalue weighted by atomic mass is 16.5. The zero-order valence-electron chi connectivity index (χ0n) is 13.3. The Labute approximate surface area is 131 Å². The Morgan fingerprint density at radius 3 is 2.77 bits per heavy atom. The molecule has 0 amide bonds. The molecule has 0 saturated heterocycles. The number of methoxy groups -OCH3 is 1. The Bertz CT molecular complexity index is 577. The number of phenolic OH excluding ortho intramolecular Hbond substituents is 1. The molecule has 1 fully saturated rings. The molecule has 4 N–H and O–H groups in total. The summed E-state index contributed by atoms with van der Waals surface area (Å²) in [6.45, 7) is 0. The highest BCUT2D eigenvalue weighted by molar-refractivity contribution is 5.78. The van der Waals surface area contributed by atoms with Crippen LogP contribution in [0.1, 0.15) is 42.9 Å². The first kappa shape index (κ1) is 15.2. The number of hydrogen-bond donors (Lipinski definition) is 3. The summed E-state index contributed by atoms with van der Waals surface area (Å²) in [6.07, 6.45) is 5.63. The molecule has 1 aromatic rings. The van der Waals surface area contributed by atoms with E-state index in [4.69, 9.17) is 15.5 Å². The van der Waals surface area contributed by atoms with E-state index in [2.05, 4.69) is 5.32 Å². The fraction of sp³-hybridized carbons (Fsp3) is 0.588. The summed E-state index contributed by atoms with van der Waals surface area (Å²) in [7, 11) is 3.57. The van der Waals surface area contributed by atoms with Crippen molar-refractivity contribution in [1.29, 1.82) is 0 Å². The first-order valence-corrected chi connectivity index (χ1v) is 7.93. The van der Waals surface area contributed by atoms with Gasteiger partial charge < -0.3 is 20.9 Å². The van der Waals surface area contributed by atoms with Crippen LogP contribution in [0.3, 0.4) is 0 Å². The summed E-state index contributed by atoms with van der Waals surface area (Å²) in [5.74, 6) is 0.749. The fourth-order valence-electron chi connectivity index (χ4n) is 4.07. The van der Waals surface area contributed by atoms with Crippen molar-refractivity contribution in [2.75, 3.05) is 14.2 Å². The van der Waals surface area contributed by atoms with Gasteiger partial charge >= 0.3 is 0 Å². The summed E-state index contributed by atoms with van der Waals surface area (Å²) in [6, 6.07) is 5.66. The number of nitrogens with one attached hydrogen (secondary N) is 1. The van der Waals surface area contributed by atoms with Crippen molar-refractivity contribution < 1.29 is 9.84 Å². The second-order valence-corrected chi connectivity index (χ2v) is 6.52. The Morgan fingerprint density at radius 2 is 2.14 bits per heavy atom. The van der Waals surface area contributed by atoms with Gasteiger partial charge in [0.2, 0.25) is 0 Å². The molecule has 2 aliphatic carbocycles. The van der Waals surface area contributed by atoms with Crippen LogP contribution in [0.25, 0.3) is 0 Å². The molecule has 1 saturated carbocycles. The molecule has 5 nitrogen and oxygen atoms in total. The minimum Gasteiger partial charge on any atom is -0.508 e. The second kappa shape index (κ2) is 5.80. The number of aliphatic imine (C=N–C) groups is 1. The van der Waals surface area contributed by atoms with Crippen molar-refractivity contribution >= 4 is 5.96 Å². The van der Waals surface area contributed by atoms with Gasteiger partial charge in [0.1, 0.15) is 5.75 Å². The molecule has 1 unspecified atom stereocenters. The van der Waals surface area contributed by atoms with Gasteiger partial charge in [-0.3, -0.25) is 0 Å². The highest BCUT2D eigenvalue weighted by Crippen LogP contribution is 2.56. The fourth-order valence-corrected chi connectivity index (χ4v) is 4.07. The molecule has 120 valence electrons. The van der Waals surface area contributed by atoms with Gasteiger partial charge in [-0.15, -0.1) is 0 Å². The van der Waals surface area contributed by atoms with E-state index in [1.165, 1.54) is 5.56 Å². The molecule has 3 rings (SSSR count). The lowest BCUT2D eigenvalue weighted by Gasteiger charge is -2.40. The molecule has 0 radical (unpaired) electrons. The van der Waals surface area contributed by atoms with Gasteiger partial charge in [0, 0.05) is 19.6 Å². The summed E-state index contributed by atoms with van der Waals surface area (Å²) < 4.78 is 5.51. The first-order valence-electron chi connectivity index (χ1n) is 7.93. The minimum absolute atomic E-state index is 0.0138. The van der Waals surface area contributed by atoms with Crippen molar-refractivity contribution in [2.45, 2.75) is 44.2 Å². The van der Waals surface area contributed by atoms with E-state index < -0.39 is 0 Å². The molecular weight excluding hydrogens is 278 g/mol. The molecule has 1 aromatic carbocycles. The number of nitrogens with zero attached hydrogens (tertiary/aromatic N) is 1. The Balaban J connectivity index is 1.97. The summed E-state index contributed by atoms with van der Waals surface area (Å²) in [5, 5.41) is 12.8. The smallest absolute Gasteiger partial charge is 0.188 e. The number of aromatic hydroxyl groups is 1. The van der Waals surface area contributed by atoms with E-state index >= 15 is 0 Å². The van der Waals surface area contributed by atoms with E-state index in [1.54, 1.807) is 20.2 Å². The van der Waals surface area contributed by atoms with Crippen molar-refractivity contribution in [3.63, 3.8) is 0 Å². The normalized spacial score (nSPS) is 31.3. The van der Waals surface area contributed by atoms with E-state index in [9.17, 15) is 5.11 Å². The summed E-state index contributed by atoms with van der Waals surface area (Å²) in [4.78, 5) is 4.74. The first-order chi connectivity index (χ1) is 10.6. The standard InChI is InChI=1S/C17H25N3O2/c1-19-16(18)20-15-14-9-12(21)4-3-11(14)10-17(15)7-5-13(22-2)6-8-17/h3-4,9,13,15,21H,5-8,10H2,1-2H3,(H3,18,19,20). The Hall–Kier alpha value is -1.75. The van der Waals surface area contributed by atoms with E-state index in [1.807, 2.05) is 12.1 Å². The monoisotopic (exact) mass is 303 g/mol. The van der Waals surface area contributed by atoms with Crippen molar-refractivity contribution in [1.82, 2.24) is 5.32 Å². The van der Waals surface area contributed by atoms with E-state index in [0.717, 1.165) is 37.7 Å². The number of phenols is 1. The molecule has 0 bridgehead atoms. The van der Waals surface area contributed by atoms with Gasteiger partial charge in [-0.05, 0) is 55.4 Å². The predicted octanol–water partition coefficient (Wildman–Crippen LogP) is 2.10. The maximum atomic E-state index is 9.86. The van der Waals surface area contributed by atoms with E-state index in [-0.39, 0.29) is 11.5 Å². The molecule has 5 heteroatoms. The second-order valence-electron chi connectivity index (χ2n) is 6.52. The van der Waals surface area contributed by atoms with Crippen LogP contribution in [0.4, 0.5) is 0 Å². The zero-order chi connectivity index (χ0) is 15.7. The third-order valence-electron chi connectivity index (χ3n) is 5.33. The molecule has 0 aromatic heterocycles. The number of guanidine groups is 1. The summed E-state index contributed by atoms with van der Waals surface area (Å²) >= 11 is 0. The van der Waals surface area contributed by atoms with Gasteiger partial charge in [-0.1, -0.05) is 6.07 Å². The third-order valence-corrected chi connectivity index (χ3v) is 5.33. The topological polar surface area (TPSA) is 79.9 Å². The molecule has 0 aliphatic heterocycles. The number of ether oxygens (including phenoxy) is 1. The zero-order valence-corrected chi connectivity index (χ0v) is 13.3. The van der Waals surface area contributed by atoms with Crippen molar-refractivity contribution in [2.24, 2.45) is 16.1 Å². The average Bonchev–Trinajstić information content (AvgIpc) is 2.81. The molecular formula is C17H25N3O2. The van der Waals surface area contributed by atoms with Gasteiger partial charge in [-0.25, -0.2) is 4.99 Å². The minimum atomic E-state index is 0.0138. The van der Waals surface area contributed by atoms with Crippen LogP contribution in [0.5, 0.6) is 5.75 Å². The van der Waals surface area contributed by atoms with Crippen LogP contribution < -0.4 is 11.1 Å². The molecule has 1 atom stereocenters. The molecule has 1 spiro atoms. The lowest BCUT2D eigenvalue weighted by Crippen LogP contribution is -2.36. The highest BCUT2D eigenvalue weighted by Gasteiger charge is 2.48. The van der Waals surface area contributed by atoms with Crippen molar-refractivity contribution in [3.8, 4) is 5.75 Å². The lowest BCUT2D eigenvalue weighted by molar-refractivity contribution is 0.0210. The van der Waals surface area contributed by atoms with Gasteiger partial charge in [0.15, 0.2) is 5.96 Å². The van der Waals surface area contributed by atoms with Crippen LogP contribution in [-0.4, -0.2) is 31.3 Å². The molecule has 0 heterocycles. The predicted molar refractivity (Wildman–Crippen MR) is 86.9 cm³/mol. The quantitative estimate of drug-likeness (QED) is 0.577. The number of fused-ring (bicyclic) bond motifs is 1. The van der Waals surface area contributed by atoms with Crippen LogP contribution in [-0.2, 0) is 11.2 Å². The van der Waals surface area contributed by atoms with Crippen molar-refractivity contribution in [3.05, 3.63) is 29.3 Å². The van der Waals surface area contributed by atoms with Gasteiger partial charge in [0.05, 0.1) is 12.1 Å². The van der Waals surface area contributed by atoms with Gasteiger partial charge in [0.25, 0.3) is 0 Å². The van der Waals surface area contributed by atoms with Gasteiger partial charge in [-0.2, -0.15) is 0 Å². The number of hydrogen-bond acceptors (Lipinski definition) is 3. The van der Waals surface area contributed by atoms with Crippen LogP contribution in [0.2, 0.25) is 0 Å². The number of rotatable bonds is 2. The van der Waals surface area contributed by atoms with Crippen LogP contribution in [0.15, 0.2) is 23.2 Å². The SMILES string of the molecule is CN/C(N)=N\C1c2cc(O)ccc2CC12CCC(OC)CC2.